The van der Waals surface area contributed by atoms with Crippen LogP contribution in [0.1, 0.15) is 48.0 Å². The van der Waals surface area contributed by atoms with Gasteiger partial charge in [-0.3, -0.25) is 4.79 Å². The second-order valence-electron chi connectivity index (χ2n) is 12.1. The van der Waals surface area contributed by atoms with Crippen molar-refractivity contribution >= 4 is 22.6 Å². The number of carbonyl (C=O) groups excluding carboxylic acids is 1. The molecule has 3 aliphatic rings. The fourth-order valence-electron chi connectivity index (χ4n) is 5.87. The van der Waals surface area contributed by atoms with E-state index in [1.807, 2.05) is 6.08 Å². The summed E-state index contributed by atoms with van der Waals surface area (Å²) in [6.45, 7) is 24.4. The SMILES string of the molecule is C=CC[C@H]1O[C@@H]2CO[Si](C(C)(C)C)(C(C)(C)C)O[C@H]2[C@@H]2OC(=O)[C@H]([Si](C)(C)C)[C@@H]21. The van der Waals surface area contributed by atoms with Gasteiger partial charge >= 0.3 is 14.5 Å². The van der Waals surface area contributed by atoms with Crippen molar-refractivity contribution in [1.29, 1.82) is 0 Å². The van der Waals surface area contributed by atoms with E-state index >= 15 is 0 Å². The number of hydrogen-bond donors (Lipinski definition) is 0. The Morgan fingerprint density at radius 2 is 1.69 bits per heavy atom. The van der Waals surface area contributed by atoms with E-state index in [0.717, 1.165) is 0 Å². The molecular weight excluding hydrogens is 400 g/mol. The zero-order valence-electron chi connectivity index (χ0n) is 19.7. The van der Waals surface area contributed by atoms with Crippen molar-refractivity contribution in [2.75, 3.05) is 6.61 Å². The summed E-state index contributed by atoms with van der Waals surface area (Å²) >= 11 is 0. The zero-order chi connectivity index (χ0) is 22.0. The first-order valence-electron chi connectivity index (χ1n) is 10.9. The van der Waals surface area contributed by atoms with Crippen LogP contribution >= 0.6 is 0 Å². The Kier molecular flexibility index (Phi) is 5.83. The Balaban J connectivity index is 2.02. The van der Waals surface area contributed by atoms with Gasteiger partial charge in [0.05, 0.1) is 26.3 Å². The van der Waals surface area contributed by atoms with Crippen molar-refractivity contribution in [2.24, 2.45) is 5.92 Å². The predicted molar refractivity (Wildman–Crippen MR) is 120 cm³/mol. The summed E-state index contributed by atoms with van der Waals surface area (Å²) in [5.74, 6) is -0.0375. The minimum absolute atomic E-state index is 0.0261. The lowest BCUT2D eigenvalue weighted by Gasteiger charge is -2.57. The standard InChI is InChI=1S/C22H40O5Si2/c1-11-12-14-16-18(26-20(23)19(16)28(8,9)10)17-15(25-14)13-24-29(27-17,21(2,3)4)22(5,6)7/h11,14-19H,1,12-13H2,2-10H3/t14-,15-,16-,17-,18-,19-/m1/s1. The lowest BCUT2D eigenvalue weighted by atomic mass is 9.84. The molecule has 6 atom stereocenters. The van der Waals surface area contributed by atoms with Crippen molar-refractivity contribution in [1.82, 2.24) is 0 Å². The first-order valence-corrected chi connectivity index (χ1v) is 16.3. The summed E-state index contributed by atoms with van der Waals surface area (Å²) in [5, 5.41) is -0.241. The molecule has 0 aromatic carbocycles. The van der Waals surface area contributed by atoms with E-state index in [-0.39, 0.29) is 51.9 Å². The van der Waals surface area contributed by atoms with Crippen LogP contribution in [0.25, 0.3) is 0 Å². The van der Waals surface area contributed by atoms with Crippen LogP contribution < -0.4 is 0 Å². The third-order valence-electron chi connectivity index (χ3n) is 6.80. The molecule has 3 saturated heterocycles. The molecule has 0 aromatic rings. The van der Waals surface area contributed by atoms with Gasteiger partial charge in [0, 0.05) is 16.0 Å². The van der Waals surface area contributed by atoms with E-state index in [9.17, 15) is 4.79 Å². The second-order valence-corrected chi connectivity index (χ2v) is 22.2. The van der Waals surface area contributed by atoms with Gasteiger partial charge in [-0.25, -0.2) is 0 Å². The molecule has 3 fully saturated rings. The smallest absolute Gasteiger partial charge is 0.349 e. The topological polar surface area (TPSA) is 54.0 Å². The summed E-state index contributed by atoms with van der Waals surface area (Å²) < 4.78 is 26.2. The third kappa shape index (κ3) is 3.71. The Morgan fingerprint density at radius 3 is 2.17 bits per heavy atom. The summed E-state index contributed by atoms with van der Waals surface area (Å²) in [5.41, 5.74) is -0.0785. The first kappa shape index (κ1) is 23.2. The number of hydrogen-bond acceptors (Lipinski definition) is 5. The molecule has 3 heterocycles. The molecular formula is C22H40O5Si2. The third-order valence-corrected chi connectivity index (χ3v) is 14.4. The van der Waals surface area contributed by atoms with Gasteiger partial charge in [0.2, 0.25) is 0 Å². The normalized spacial score (nSPS) is 37.5. The molecule has 3 aliphatic heterocycles. The summed E-state index contributed by atoms with van der Waals surface area (Å²) in [7, 11) is -4.46. The van der Waals surface area contributed by atoms with Crippen molar-refractivity contribution in [3.05, 3.63) is 12.7 Å². The van der Waals surface area contributed by atoms with Gasteiger partial charge in [0.25, 0.3) is 0 Å². The lowest BCUT2D eigenvalue weighted by Crippen LogP contribution is -2.70. The summed E-state index contributed by atoms with van der Waals surface area (Å²) in [6, 6.07) is 0. The Bertz CT molecular complexity index is 644. The van der Waals surface area contributed by atoms with Crippen molar-refractivity contribution < 1.29 is 23.1 Å². The Labute approximate surface area is 178 Å². The molecule has 0 N–H and O–H groups in total. The maximum atomic E-state index is 13.0. The molecule has 166 valence electrons. The average Bonchev–Trinajstić information content (AvgIpc) is 2.90. The van der Waals surface area contributed by atoms with Crippen LogP contribution in [-0.2, 0) is 23.1 Å². The van der Waals surface area contributed by atoms with Crippen LogP contribution in [0.5, 0.6) is 0 Å². The maximum absolute atomic E-state index is 13.0. The van der Waals surface area contributed by atoms with E-state index in [2.05, 4.69) is 67.8 Å². The van der Waals surface area contributed by atoms with Gasteiger partial charge in [-0.1, -0.05) is 67.3 Å². The maximum Gasteiger partial charge on any atom is 0.349 e. The van der Waals surface area contributed by atoms with Crippen LogP contribution in [0.15, 0.2) is 12.7 Å². The highest BCUT2D eigenvalue weighted by atomic mass is 28.4. The number of ether oxygens (including phenoxy) is 2. The number of fused-ring (bicyclic) bond motifs is 3. The molecule has 0 aliphatic carbocycles. The van der Waals surface area contributed by atoms with Crippen molar-refractivity contribution in [2.45, 2.75) is 108 Å². The van der Waals surface area contributed by atoms with E-state index in [1.165, 1.54) is 0 Å². The molecule has 0 unspecified atom stereocenters. The highest BCUT2D eigenvalue weighted by molar-refractivity contribution is 6.80. The van der Waals surface area contributed by atoms with E-state index < -0.39 is 16.6 Å². The molecule has 29 heavy (non-hydrogen) atoms. The fraction of sp³-hybridized carbons (Fsp3) is 0.864. The molecule has 0 spiro atoms. The molecule has 0 aromatic heterocycles. The first-order chi connectivity index (χ1) is 13.1. The van der Waals surface area contributed by atoms with Gasteiger partial charge in [-0.15, -0.1) is 6.58 Å². The monoisotopic (exact) mass is 440 g/mol. The van der Waals surface area contributed by atoms with Crippen LogP contribution in [0.3, 0.4) is 0 Å². The molecule has 0 amide bonds. The van der Waals surface area contributed by atoms with Crippen LogP contribution in [0.2, 0.25) is 35.3 Å². The van der Waals surface area contributed by atoms with Crippen molar-refractivity contribution in [3.63, 3.8) is 0 Å². The van der Waals surface area contributed by atoms with Gasteiger partial charge in [0.1, 0.15) is 18.3 Å². The minimum atomic E-state index is -2.66. The number of rotatable bonds is 3. The molecule has 5 nitrogen and oxygen atoms in total. The quantitative estimate of drug-likeness (QED) is 0.350. The molecule has 3 rings (SSSR count). The molecule has 0 radical (unpaired) electrons. The minimum Gasteiger partial charge on any atom is -0.459 e. The largest absolute Gasteiger partial charge is 0.459 e. The number of carbonyl (C=O) groups is 1. The van der Waals surface area contributed by atoms with Gasteiger partial charge in [0.15, 0.2) is 0 Å². The van der Waals surface area contributed by atoms with Gasteiger partial charge < -0.3 is 18.3 Å². The molecule has 0 saturated carbocycles. The van der Waals surface area contributed by atoms with E-state index in [0.29, 0.717) is 13.0 Å². The molecule has 7 heteroatoms. The highest BCUT2D eigenvalue weighted by Gasteiger charge is 2.67. The lowest BCUT2D eigenvalue weighted by molar-refractivity contribution is -0.216. The van der Waals surface area contributed by atoms with E-state index in [4.69, 9.17) is 18.3 Å². The van der Waals surface area contributed by atoms with Crippen LogP contribution in [-0.4, -0.2) is 53.6 Å². The average molecular weight is 441 g/mol. The summed E-state index contributed by atoms with van der Waals surface area (Å²) in [4.78, 5) is 13.0. The van der Waals surface area contributed by atoms with Gasteiger partial charge in [-0.05, 0) is 6.42 Å². The highest BCUT2D eigenvalue weighted by Crippen LogP contribution is 2.57. The van der Waals surface area contributed by atoms with Crippen molar-refractivity contribution in [3.8, 4) is 0 Å². The van der Waals surface area contributed by atoms with Crippen LogP contribution in [0, 0.1) is 5.92 Å². The number of esters is 1. The van der Waals surface area contributed by atoms with Crippen LogP contribution in [0.4, 0.5) is 0 Å². The van der Waals surface area contributed by atoms with Gasteiger partial charge in [-0.2, -0.15) is 0 Å². The fourth-order valence-corrected chi connectivity index (χ4v) is 13.2. The zero-order valence-corrected chi connectivity index (χ0v) is 21.7. The summed E-state index contributed by atoms with van der Waals surface area (Å²) in [6.07, 6.45) is 1.80. The molecule has 0 bridgehead atoms. The second kappa shape index (κ2) is 7.29. The Hall–Kier alpha value is -0.476. The van der Waals surface area contributed by atoms with E-state index in [1.54, 1.807) is 0 Å². The Morgan fingerprint density at radius 1 is 1.10 bits per heavy atom. The predicted octanol–water partition coefficient (Wildman–Crippen LogP) is 5.04.